The number of allylic oxidation sites excluding steroid dienone is 1. The van der Waals surface area contributed by atoms with Gasteiger partial charge in [0.2, 0.25) is 0 Å². The van der Waals surface area contributed by atoms with Crippen LogP contribution in [-0.4, -0.2) is 27.5 Å². The molecule has 0 radical (unpaired) electrons. The average Bonchev–Trinajstić information content (AvgIpc) is 1.89. The van der Waals surface area contributed by atoms with E-state index in [4.69, 9.17) is 15.3 Å². The molecule has 10 heavy (non-hydrogen) atoms. The van der Waals surface area contributed by atoms with Gasteiger partial charge >= 0.3 is 0 Å². The number of aliphatic hydroxyl groups excluding tert-OH is 3. The van der Waals surface area contributed by atoms with Gasteiger partial charge in [0.15, 0.2) is 0 Å². The molecular weight excluding hydrogens is 132 g/mol. The Labute approximate surface area is 61.6 Å². The zero-order valence-corrected chi connectivity index (χ0v) is 6.65. The van der Waals surface area contributed by atoms with Crippen molar-refractivity contribution in [2.45, 2.75) is 33.0 Å². The lowest BCUT2D eigenvalue weighted by atomic mass is 10.3. The van der Waals surface area contributed by atoms with Gasteiger partial charge in [-0.25, -0.2) is 0 Å². The molecule has 0 spiro atoms. The summed E-state index contributed by atoms with van der Waals surface area (Å²) in [5.41, 5.74) is 0. The molecular formula is C7H16O3. The van der Waals surface area contributed by atoms with Gasteiger partial charge < -0.3 is 15.3 Å². The van der Waals surface area contributed by atoms with Crippen molar-refractivity contribution in [2.24, 2.45) is 0 Å². The smallest absolute Gasteiger partial charge is 0.0768 e. The molecule has 2 unspecified atom stereocenters. The van der Waals surface area contributed by atoms with Crippen molar-refractivity contribution in [1.29, 1.82) is 0 Å². The Morgan fingerprint density at radius 3 is 1.30 bits per heavy atom. The number of hydrogen-bond acceptors (Lipinski definition) is 3. The van der Waals surface area contributed by atoms with Crippen LogP contribution in [0.3, 0.4) is 0 Å². The highest BCUT2D eigenvalue weighted by Crippen LogP contribution is 1.85. The van der Waals surface area contributed by atoms with Crippen LogP contribution in [0.2, 0.25) is 0 Å². The first-order valence-electron chi connectivity index (χ1n) is 3.17. The fourth-order valence-electron chi connectivity index (χ4n) is 0. The standard InChI is InChI=1S/C4H10O2.C3H6O/c1-3(5)4(2)6;1-2-3-4/h3-6H,1-2H3;2-4H,1H3. The van der Waals surface area contributed by atoms with Crippen LogP contribution < -0.4 is 0 Å². The summed E-state index contributed by atoms with van der Waals surface area (Å²) in [4.78, 5) is 0. The molecule has 0 heterocycles. The van der Waals surface area contributed by atoms with E-state index in [1.54, 1.807) is 26.8 Å². The van der Waals surface area contributed by atoms with Gasteiger partial charge in [-0.3, -0.25) is 0 Å². The molecule has 62 valence electrons. The molecule has 0 bridgehead atoms. The second kappa shape index (κ2) is 8.46. The zero-order valence-electron chi connectivity index (χ0n) is 6.65. The maximum absolute atomic E-state index is 8.38. The Hall–Kier alpha value is -0.540. The van der Waals surface area contributed by atoms with E-state index in [0.717, 1.165) is 6.26 Å². The van der Waals surface area contributed by atoms with E-state index in [1.807, 2.05) is 0 Å². The lowest BCUT2D eigenvalue weighted by Crippen LogP contribution is -2.17. The molecule has 0 aromatic heterocycles. The second-order valence-electron chi connectivity index (χ2n) is 1.96. The summed E-state index contributed by atoms with van der Waals surface area (Å²) in [5.74, 6) is 0. The van der Waals surface area contributed by atoms with Gasteiger partial charge in [-0.2, -0.15) is 0 Å². The van der Waals surface area contributed by atoms with Crippen molar-refractivity contribution < 1.29 is 15.3 Å². The molecule has 0 amide bonds. The molecule has 0 rings (SSSR count). The van der Waals surface area contributed by atoms with Gasteiger partial charge in [0.25, 0.3) is 0 Å². The van der Waals surface area contributed by atoms with Crippen molar-refractivity contribution >= 4 is 0 Å². The van der Waals surface area contributed by atoms with Crippen LogP contribution in [0.25, 0.3) is 0 Å². The van der Waals surface area contributed by atoms with Gasteiger partial charge in [0.1, 0.15) is 0 Å². The lowest BCUT2D eigenvalue weighted by Gasteiger charge is -2.03. The minimum absolute atomic E-state index is 0.593. The Kier molecular flexibility index (Phi) is 10.3. The van der Waals surface area contributed by atoms with E-state index >= 15 is 0 Å². The van der Waals surface area contributed by atoms with Gasteiger partial charge in [0.05, 0.1) is 18.5 Å². The molecule has 0 saturated carbocycles. The third-order valence-corrected chi connectivity index (χ3v) is 0.847. The SMILES string of the molecule is CC(O)C(C)O.CC=CO. The largest absolute Gasteiger partial charge is 0.516 e. The fourth-order valence-corrected chi connectivity index (χ4v) is 0. The minimum Gasteiger partial charge on any atom is -0.516 e. The van der Waals surface area contributed by atoms with Crippen molar-refractivity contribution in [1.82, 2.24) is 0 Å². The van der Waals surface area contributed by atoms with Gasteiger partial charge in [-0.05, 0) is 20.8 Å². The Bertz CT molecular complexity index is 66.9. The first-order chi connectivity index (χ1) is 4.56. The van der Waals surface area contributed by atoms with Gasteiger partial charge in [-0.1, -0.05) is 6.08 Å². The summed E-state index contributed by atoms with van der Waals surface area (Å²) < 4.78 is 0. The lowest BCUT2D eigenvalue weighted by molar-refractivity contribution is 0.0438. The van der Waals surface area contributed by atoms with Crippen LogP contribution in [0.1, 0.15) is 20.8 Å². The van der Waals surface area contributed by atoms with Crippen LogP contribution in [0.4, 0.5) is 0 Å². The first kappa shape index (κ1) is 12.2. The highest BCUT2D eigenvalue weighted by molar-refractivity contribution is 4.60. The van der Waals surface area contributed by atoms with E-state index < -0.39 is 12.2 Å². The molecule has 0 aliphatic rings. The van der Waals surface area contributed by atoms with Crippen LogP contribution >= 0.6 is 0 Å². The summed E-state index contributed by atoms with van der Waals surface area (Å²) in [6.45, 7) is 4.84. The molecule has 0 saturated heterocycles. The van der Waals surface area contributed by atoms with Crippen LogP contribution in [0.5, 0.6) is 0 Å². The molecule has 3 N–H and O–H groups in total. The Morgan fingerprint density at radius 2 is 1.30 bits per heavy atom. The summed E-state index contributed by atoms with van der Waals surface area (Å²) in [6, 6.07) is 0. The quantitative estimate of drug-likeness (QED) is 0.482. The zero-order chi connectivity index (χ0) is 8.57. The molecule has 2 atom stereocenters. The van der Waals surface area contributed by atoms with Crippen molar-refractivity contribution in [3.63, 3.8) is 0 Å². The molecule has 0 fully saturated rings. The summed E-state index contributed by atoms with van der Waals surface area (Å²) in [6.07, 6.45) is 1.37. The third kappa shape index (κ3) is 15.7. The predicted molar refractivity (Wildman–Crippen MR) is 40.8 cm³/mol. The summed E-state index contributed by atoms with van der Waals surface area (Å²) in [7, 11) is 0. The molecule has 3 nitrogen and oxygen atoms in total. The first-order valence-corrected chi connectivity index (χ1v) is 3.17. The van der Waals surface area contributed by atoms with Crippen LogP contribution in [0, 0.1) is 0 Å². The Balaban J connectivity index is 0. The van der Waals surface area contributed by atoms with E-state index in [2.05, 4.69) is 0 Å². The van der Waals surface area contributed by atoms with E-state index in [0.29, 0.717) is 0 Å². The Morgan fingerprint density at radius 1 is 1.10 bits per heavy atom. The monoisotopic (exact) mass is 148 g/mol. The van der Waals surface area contributed by atoms with Crippen LogP contribution in [-0.2, 0) is 0 Å². The predicted octanol–water partition coefficient (Wildman–Crippen LogP) is 0.826. The second-order valence-corrected chi connectivity index (χ2v) is 1.96. The highest BCUT2D eigenvalue weighted by atomic mass is 16.3. The number of hydrogen-bond donors (Lipinski definition) is 3. The van der Waals surface area contributed by atoms with E-state index in [9.17, 15) is 0 Å². The summed E-state index contributed by atoms with van der Waals surface area (Å²) >= 11 is 0. The highest BCUT2D eigenvalue weighted by Gasteiger charge is 1.99. The molecule has 0 aromatic rings. The minimum atomic E-state index is -0.593. The fraction of sp³-hybridized carbons (Fsp3) is 0.714. The van der Waals surface area contributed by atoms with Crippen molar-refractivity contribution in [3.8, 4) is 0 Å². The van der Waals surface area contributed by atoms with E-state index in [1.165, 1.54) is 0 Å². The molecule has 0 aliphatic heterocycles. The van der Waals surface area contributed by atoms with Crippen molar-refractivity contribution in [2.75, 3.05) is 0 Å². The molecule has 0 aliphatic carbocycles. The third-order valence-electron chi connectivity index (χ3n) is 0.847. The van der Waals surface area contributed by atoms with Gasteiger partial charge in [-0.15, -0.1) is 0 Å². The van der Waals surface area contributed by atoms with Crippen LogP contribution in [0.15, 0.2) is 12.3 Å². The molecule has 0 aromatic carbocycles. The number of aliphatic hydroxyl groups is 3. The topological polar surface area (TPSA) is 60.7 Å². The maximum Gasteiger partial charge on any atom is 0.0768 e. The number of rotatable bonds is 1. The summed E-state index contributed by atoms with van der Waals surface area (Å²) in [5, 5.41) is 24.5. The average molecular weight is 148 g/mol. The maximum atomic E-state index is 8.38. The van der Waals surface area contributed by atoms with Gasteiger partial charge in [0, 0.05) is 0 Å². The van der Waals surface area contributed by atoms with Crippen molar-refractivity contribution in [3.05, 3.63) is 12.3 Å². The normalized spacial score (nSPS) is 15.7. The van der Waals surface area contributed by atoms with E-state index in [-0.39, 0.29) is 0 Å². The molecule has 3 heteroatoms.